The third kappa shape index (κ3) is 5.57. The molecule has 1 heterocycles. The SMILES string of the molecule is Cl.NCCCCNC(=O)Cc1ccc(-n2cccn2)cc1. The second-order valence-electron chi connectivity index (χ2n) is 4.64. The maximum Gasteiger partial charge on any atom is 0.224 e. The zero-order chi connectivity index (χ0) is 14.2. The number of unbranched alkanes of at least 4 members (excludes halogenated alkanes) is 1. The van der Waals surface area contributed by atoms with Crippen molar-refractivity contribution in [2.45, 2.75) is 19.3 Å². The van der Waals surface area contributed by atoms with Gasteiger partial charge in [-0.15, -0.1) is 12.4 Å². The highest BCUT2D eigenvalue weighted by atomic mass is 35.5. The van der Waals surface area contributed by atoms with E-state index in [9.17, 15) is 4.79 Å². The van der Waals surface area contributed by atoms with Gasteiger partial charge in [0.25, 0.3) is 0 Å². The van der Waals surface area contributed by atoms with Crippen molar-refractivity contribution in [3.63, 3.8) is 0 Å². The normalized spacial score (nSPS) is 9.95. The van der Waals surface area contributed by atoms with Crippen molar-refractivity contribution < 1.29 is 4.79 Å². The molecule has 0 fully saturated rings. The van der Waals surface area contributed by atoms with Crippen molar-refractivity contribution >= 4 is 18.3 Å². The number of hydrogen-bond acceptors (Lipinski definition) is 3. The van der Waals surface area contributed by atoms with E-state index in [4.69, 9.17) is 5.73 Å². The van der Waals surface area contributed by atoms with Crippen LogP contribution in [0.2, 0.25) is 0 Å². The van der Waals surface area contributed by atoms with Crippen molar-refractivity contribution in [1.82, 2.24) is 15.1 Å². The Kier molecular flexibility index (Phi) is 7.50. The molecule has 0 unspecified atom stereocenters. The van der Waals surface area contributed by atoms with E-state index in [0.717, 1.165) is 24.1 Å². The van der Waals surface area contributed by atoms with Gasteiger partial charge in [-0.1, -0.05) is 12.1 Å². The lowest BCUT2D eigenvalue weighted by atomic mass is 10.1. The number of amides is 1. The predicted octanol–water partition coefficient (Wildman–Crippen LogP) is 1.69. The highest BCUT2D eigenvalue weighted by molar-refractivity contribution is 5.85. The zero-order valence-corrected chi connectivity index (χ0v) is 12.7. The number of rotatable bonds is 7. The summed E-state index contributed by atoms with van der Waals surface area (Å²) in [4.78, 5) is 11.7. The van der Waals surface area contributed by atoms with E-state index in [1.54, 1.807) is 10.9 Å². The predicted molar refractivity (Wildman–Crippen MR) is 85.8 cm³/mol. The molecule has 114 valence electrons. The molecule has 21 heavy (non-hydrogen) atoms. The highest BCUT2D eigenvalue weighted by Crippen LogP contribution is 2.09. The second-order valence-corrected chi connectivity index (χ2v) is 4.64. The maximum atomic E-state index is 11.7. The van der Waals surface area contributed by atoms with Crippen LogP contribution in [0, 0.1) is 0 Å². The van der Waals surface area contributed by atoms with E-state index in [0.29, 0.717) is 19.5 Å². The zero-order valence-electron chi connectivity index (χ0n) is 11.9. The van der Waals surface area contributed by atoms with E-state index in [2.05, 4.69) is 10.4 Å². The van der Waals surface area contributed by atoms with Crippen molar-refractivity contribution in [3.8, 4) is 5.69 Å². The maximum absolute atomic E-state index is 11.7. The molecule has 0 aliphatic rings. The van der Waals surface area contributed by atoms with E-state index in [1.807, 2.05) is 36.5 Å². The minimum absolute atomic E-state index is 0. The van der Waals surface area contributed by atoms with Crippen LogP contribution in [-0.4, -0.2) is 28.8 Å². The van der Waals surface area contributed by atoms with Crippen LogP contribution in [-0.2, 0) is 11.2 Å². The third-order valence-corrected chi connectivity index (χ3v) is 3.02. The molecular weight excluding hydrogens is 288 g/mol. The molecule has 1 aromatic heterocycles. The molecule has 0 saturated carbocycles. The summed E-state index contributed by atoms with van der Waals surface area (Å²) in [5, 5.41) is 7.06. The Labute approximate surface area is 130 Å². The van der Waals surface area contributed by atoms with Crippen molar-refractivity contribution in [1.29, 1.82) is 0 Å². The highest BCUT2D eigenvalue weighted by Gasteiger charge is 2.03. The fourth-order valence-corrected chi connectivity index (χ4v) is 1.93. The van der Waals surface area contributed by atoms with Crippen LogP contribution in [0.25, 0.3) is 5.69 Å². The Bertz CT molecular complexity index is 525. The van der Waals surface area contributed by atoms with Gasteiger partial charge in [-0.2, -0.15) is 5.10 Å². The first-order valence-corrected chi connectivity index (χ1v) is 6.85. The van der Waals surface area contributed by atoms with Crippen LogP contribution < -0.4 is 11.1 Å². The lowest BCUT2D eigenvalue weighted by Crippen LogP contribution is -2.26. The van der Waals surface area contributed by atoms with Gasteiger partial charge in [-0.3, -0.25) is 4.79 Å². The number of carbonyl (C=O) groups is 1. The number of carbonyl (C=O) groups excluding carboxylic acids is 1. The molecule has 0 spiro atoms. The van der Waals surface area contributed by atoms with Crippen LogP contribution in [0.5, 0.6) is 0 Å². The van der Waals surface area contributed by atoms with Crippen molar-refractivity contribution in [2.24, 2.45) is 5.73 Å². The summed E-state index contributed by atoms with van der Waals surface area (Å²) >= 11 is 0. The summed E-state index contributed by atoms with van der Waals surface area (Å²) in [5.74, 6) is 0.0499. The second kappa shape index (κ2) is 9.15. The lowest BCUT2D eigenvalue weighted by molar-refractivity contribution is -0.120. The number of nitrogens with zero attached hydrogens (tertiary/aromatic N) is 2. The van der Waals surface area contributed by atoms with Crippen molar-refractivity contribution in [3.05, 3.63) is 48.3 Å². The molecule has 2 rings (SSSR count). The molecule has 0 atom stereocenters. The number of hydrogen-bond donors (Lipinski definition) is 2. The van der Waals surface area contributed by atoms with Crippen molar-refractivity contribution in [2.75, 3.05) is 13.1 Å². The molecule has 1 aromatic carbocycles. The summed E-state index contributed by atoms with van der Waals surface area (Å²) in [7, 11) is 0. The summed E-state index contributed by atoms with van der Waals surface area (Å²) in [5.41, 5.74) is 7.39. The first-order chi connectivity index (χ1) is 9.79. The monoisotopic (exact) mass is 308 g/mol. The fraction of sp³-hybridized carbons (Fsp3) is 0.333. The molecule has 0 radical (unpaired) electrons. The van der Waals surface area contributed by atoms with Gasteiger partial charge < -0.3 is 11.1 Å². The average Bonchev–Trinajstić information content (AvgIpc) is 2.99. The number of nitrogens with two attached hydrogens (primary N) is 1. The Balaban J connectivity index is 0.00000220. The Morgan fingerprint density at radius 1 is 1.24 bits per heavy atom. The van der Waals surface area contributed by atoms with E-state index >= 15 is 0 Å². The quantitative estimate of drug-likeness (QED) is 0.765. The Morgan fingerprint density at radius 3 is 2.62 bits per heavy atom. The van der Waals surface area contributed by atoms with Gasteiger partial charge in [-0.05, 0) is 43.1 Å². The molecule has 0 aliphatic heterocycles. The number of halogens is 1. The molecule has 3 N–H and O–H groups in total. The topological polar surface area (TPSA) is 72.9 Å². The van der Waals surface area contributed by atoms with Crippen LogP contribution >= 0.6 is 12.4 Å². The van der Waals surface area contributed by atoms with Gasteiger partial charge in [0.2, 0.25) is 5.91 Å². The van der Waals surface area contributed by atoms with Crippen LogP contribution in [0.15, 0.2) is 42.7 Å². The van der Waals surface area contributed by atoms with Gasteiger partial charge in [0.05, 0.1) is 12.1 Å². The van der Waals surface area contributed by atoms with Gasteiger partial charge in [-0.25, -0.2) is 4.68 Å². The molecule has 0 bridgehead atoms. The minimum atomic E-state index is 0. The molecule has 2 aromatic rings. The van der Waals surface area contributed by atoms with Crippen LogP contribution in [0.3, 0.4) is 0 Å². The Morgan fingerprint density at radius 2 is 2.00 bits per heavy atom. The molecule has 1 amide bonds. The Hall–Kier alpha value is -1.85. The van der Waals surface area contributed by atoms with Gasteiger partial charge >= 0.3 is 0 Å². The van der Waals surface area contributed by atoms with Crippen LogP contribution in [0.4, 0.5) is 0 Å². The summed E-state index contributed by atoms with van der Waals surface area (Å²) in [6.45, 7) is 1.37. The number of nitrogens with one attached hydrogen (secondary N) is 1. The van der Waals surface area contributed by atoms with Gasteiger partial charge in [0.1, 0.15) is 0 Å². The fourth-order valence-electron chi connectivity index (χ4n) is 1.93. The molecular formula is C15H21ClN4O. The standard InChI is InChI=1S/C15H20N4O.ClH/c16-8-1-2-9-17-15(20)12-13-4-6-14(7-5-13)19-11-3-10-18-19;/h3-7,10-11H,1-2,8-9,12,16H2,(H,17,20);1H. The number of benzene rings is 1. The first kappa shape index (κ1) is 17.2. The largest absolute Gasteiger partial charge is 0.356 e. The van der Waals surface area contributed by atoms with Crippen LogP contribution in [0.1, 0.15) is 18.4 Å². The lowest BCUT2D eigenvalue weighted by Gasteiger charge is -2.06. The van der Waals surface area contributed by atoms with Gasteiger partial charge in [0, 0.05) is 18.9 Å². The number of aromatic nitrogens is 2. The van der Waals surface area contributed by atoms with E-state index < -0.39 is 0 Å². The smallest absolute Gasteiger partial charge is 0.224 e. The van der Waals surface area contributed by atoms with Gasteiger partial charge in [0.15, 0.2) is 0 Å². The summed E-state index contributed by atoms with van der Waals surface area (Å²) in [6.07, 6.45) is 5.91. The molecule has 0 saturated heterocycles. The summed E-state index contributed by atoms with van der Waals surface area (Å²) < 4.78 is 1.79. The minimum Gasteiger partial charge on any atom is -0.356 e. The third-order valence-electron chi connectivity index (χ3n) is 3.02. The molecule has 0 aliphatic carbocycles. The summed E-state index contributed by atoms with van der Waals surface area (Å²) in [6, 6.07) is 9.71. The van der Waals surface area contributed by atoms with E-state index in [1.165, 1.54) is 0 Å². The average molecular weight is 309 g/mol. The first-order valence-electron chi connectivity index (χ1n) is 6.85. The van der Waals surface area contributed by atoms with E-state index in [-0.39, 0.29) is 18.3 Å². The molecule has 6 heteroatoms. The molecule has 5 nitrogen and oxygen atoms in total.